The summed E-state index contributed by atoms with van der Waals surface area (Å²) in [5.41, 5.74) is -0.598. The number of carboxylic acid groups (broad SMARTS) is 2. The molecule has 3 atom stereocenters. The van der Waals surface area contributed by atoms with Crippen LogP contribution in [-0.2, 0) is 19.1 Å². The van der Waals surface area contributed by atoms with E-state index in [9.17, 15) is 29.4 Å². The highest BCUT2D eigenvalue weighted by Gasteiger charge is 2.37. The van der Waals surface area contributed by atoms with Crippen LogP contribution in [0.15, 0.2) is 24.4 Å². The SMILES string of the molecule is CC1(C(=O)NC(CNC(=O)COC2CC(CNc3ccccn3)N(C(=O)O)C2)C(=O)O)CCCCC1. The molecule has 198 valence electrons. The molecule has 2 fully saturated rings. The van der Waals surface area contributed by atoms with E-state index in [1.54, 1.807) is 18.3 Å². The largest absolute Gasteiger partial charge is 0.480 e. The van der Waals surface area contributed by atoms with Crippen LogP contribution in [0, 0.1) is 5.41 Å². The van der Waals surface area contributed by atoms with Gasteiger partial charge in [-0.2, -0.15) is 0 Å². The summed E-state index contributed by atoms with van der Waals surface area (Å²) < 4.78 is 5.62. The van der Waals surface area contributed by atoms with Gasteiger partial charge in [-0.15, -0.1) is 0 Å². The van der Waals surface area contributed by atoms with Gasteiger partial charge in [-0.05, 0) is 31.4 Å². The summed E-state index contributed by atoms with van der Waals surface area (Å²) in [5.74, 6) is -1.47. The van der Waals surface area contributed by atoms with Crippen molar-refractivity contribution in [3.63, 3.8) is 0 Å². The number of nitrogens with one attached hydrogen (secondary N) is 3. The highest BCUT2D eigenvalue weighted by molar-refractivity contribution is 5.88. The zero-order valence-corrected chi connectivity index (χ0v) is 20.4. The van der Waals surface area contributed by atoms with E-state index in [0.717, 1.165) is 19.3 Å². The van der Waals surface area contributed by atoms with Crippen LogP contribution in [-0.4, -0.2) is 88.4 Å². The molecule has 12 heteroatoms. The Morgan fingerprint density at radius 3 is 2.58 bits per heavy atom. The monoisotopic (exact) mass is 505 g/mol. The Labute approximate surface area is 209 Å². The molecule has 3 unspecified atom stereocenters. The molecule has 1 aromatic heterocycles. The van der Waals surface area contributed by atoms with Crippen LogP contribution in [0.25, 0.3) is 0 Å². The third kappa shape index (κ3) is 7.54. The number of rotatable bonds is 11. The van der Waals surface area contributed by atoms with Gasteiger partial charge in [-0.3, -0.25) is 9.59 Å². The van der Waals surface area contributed by atoms with Gasteiger partial charge in [0.15, 0.2) is 0 Å². The van der Waals surface area contributed by atoms with Gasteiger partial charge >= 0.3 is 12.1 Å². The number of nitrogens with zero attached hydrogens (tertiary/aromatic N) is 2. The Balaban J connectivity index is 1.43. The zero-order valence-electron chi connectivity index (χ0n) is 20.4. The molecule has 0 aromatic carbocycles. The second kappa shape index (κ2) is 12.5. The number of likely N-dealkylation sites (tertiary alicyclic amines) is 1. The van der Waals surface area contributed by atoms with Crippen molar-refractivity contribution in [2.75, 3.05) is 31.6 Å². The van der Waals surface area contributed by atoms with Gasteiger partial charge in [-0.25, -0.2) is 14.6 Å². The maximum atomic E-state index is 12.7. The van der Waals surface area contributed by atoms with Crippen LogP contribution >= 0.6 is 0 Å². The Morgan fingerprint density at radius 1 is 1.19 bits per heavy atom. The molecule has 1 saturated carbocycles. The van der Waals surface area contributed by atoms with E-state index in [-0.39, 0.29) is 31.6 Å². The maximum absolute atomic E-state index is 12.7. The van der Waals surface area contributed by atoms with Crippen molar-refractivity contribution >= 4 is 29.7 Å². The van der Waals surface area contributed by atoms with Gasteiger partial charge < -0.3 is 35.8 Å². The lowest BCUT2D eigenvalue weighted by Gasteiger charge is -2.33. The lowest BCUT2D eigenvalue weighted by molar-refractivity contribution is -0.144. The average molecular weight is 506 g/mol. The molecule has 1 aromatic rings. The van der Waals surface area contributed by atoms with E-state index >= 15 is 0 Å². The van der Waals surface area contributed by atoms with Gasteiger partial charge in [0.2, 0.25) is 11.8 Å². The molecule has 5 N–H and O–H groups in total. The minimum atomic E-state index is -1.25. The highest BCUT2D eigenvalue weighted by atomic mass is 16.5. The number of ether oxygens (including phenoxy) is 1. The molecular weight excluding hydrogens is 470 g/mol. The topological polar surface area (TPSA) is 170 Å². The molecule has 36 heavy (non-hydrogen) atoms. The first-order valence-electron chi connectivity index (χ1n) is 12.2. The van der Waals surface area contributed by atoms with Crippen LogP contribution in [0.5, 0.6) is 0 Å². The van der Waals surface area contributed by atoms with Crippen molar-refractivity contribution in [1.29, 1.82) is 0 Å². The fourth-order valence-corrected chi connectivity index (χ4v) is 4.66. The van der Waals surface area contributed by atoms with E-state index in [1.165, 1.54) is 4.90 Å². The number of amides is 3. The molecule has 0 spiro atoms. The maximum Gasteiger partial charge on any atom is 0.407 e. The smallest absolute Gasteiger partial charge is 0.407 e. The van der Waals surface area contributed by atoms with Gasteiger partial charge in [0.1, 0.15) is 18.5 Å². The predicted octanol–water partition coefficient (Wildman–Crippen LogP) is 1.29. The fourth-order valence-electron chi connectivity index (χ4n) is 4.66. The molecule has 3 amide bonds. The number of aliphatic carboxylic acids is 1. The molecule has 0 bridgehead atoms. The minimum absolute atomic E-state index is 0.115. The highest BCUT2D eigenvalue weighted by Crippen LogP contribution is 2.35. The quantitative estimate of drug-likeness (QED) is 0.297. The van der Waals surface area contributed by atoms with Crippen molar-refractivity contribution in [3.05, 3.63) is 24.4 Å². The van der Waals surface area contributed by atoms with Crippen LogP contribution in [0.1, 0.15) is 45.4 Å². The summed E-state index contributed by atoms with van der Waals surface area (Å²) in [5, 5.41) is 27.2. The number of carbonyl (C=O) groups excluding carboxylic acids is 2. The fraction of sp³-hybridized carbons (Fsp3) is 0.625. The van der Waals surface area contributed by atoms with Crippen LogP contribution in [0.4, 0.5) is 10.6 Å². The second-order valence-corrected chi connectivity index (χ2v) is 9.64. The number of aromatic nitrogens is 1. The molecule has 2 aliphatic rings. The number of pyridine rings is 1. The third-order valence-electron chi connectivity index (χ3n) is 6.87. The molecular formula is C24H35N5O7. The summed E-state index contributed by atoms with van der Waals surface area (Å²) in [6, 6.07) is 3.77. The molecule has 1 saturated heterocycles. The van der Waals surface area contributed by atoms with Crippen molar-refractivity contribution in [2.45, 2.75) is 63.6 Å². The number of hydrogen-bond acceptors (Lipinski definition) is 7. The number of carbonyl (C=O) groups is 4. The normalized spacial score (nSPS) is 21.9. The zero-order chi connectivity index (χ0) is 26.1. The standard InChI is InChI=1S/C24H35N5O7/c1-24(8-4-2-5-9-24)22(33)28-18(21(31)32)13-27-20(30)15-36-17-11-16(29(14-17)23(34)35)12-26-19-7-3-6-10-25-19/h3,6-7,10,16-18H,2,4-5,8-9,11-15H2,1H3,(H,25,26)(H,27,30)(H,28,33)(H,31,32)(H,34,35). The predicted molar refractivity (Wildman–Crippen MR) is 129 cm³/mol. The summed E-state index contributed by atoms with van der Waals surface area (Å²) in [6.07, 6.45) is 4.80. The van der Waals surface area contributed by atoms with Crippen LogP contribution in [0.2, 0.25) is 0 Å². The van der Waals surface area contributed by atoms with Crippen molar-refractivity contribution in [3.8, 4) is 0 Å². The Kier molecular flexibility index (Phi) is 9.45. The summed E-state index contributed by atoms with van der Waals surface area (Å²) in [6.45, 7) is 1.67. The first-order chi connectivity index (χ1) is 17.2. The second-order valence-electron chi connectivity index (χ2n) is 9.64. The molecule has 0 radical (unpaired) electrons. The van der Waals surface area contributed by atoms with Crippen molar-refractivity contribution in [1.82, 2.24) is 20.5 Å². The summed E-state index contributed by atoms with van der Waals surface area (Å²) in [7, 11) is 0. The van der Waals surface area contributed by atoms with Gasteiger partial charge in [-0.1, -0.05) is 32.3 Å². The van der Waals surface area contributed by atoms with E-state index in [2.05, 4.69) is 20.9 Å². The van der Waals surface area contributed by atoms with Crippen molar-refractivity contribution < 1.29 is 34.1 Å². The molecule has 3 rings (SSSR count). The van der Waals surface area contributed by atoms with Gasteiger partial charge in [0.05, 0.1) is 18.7 Å². The lowest BCUT2D eigenvalue weighted by atomic mass is 9.75. The average Bonchev–Trinajstić information content (AvgIpc) is 3.28. The Hall–Kier alpha value is -3.41. The van der Waals surface area contributed by atoms with Crippen LogP contribution < -0.4 is 16.0 Å². The first-order valence-corrected chi connectivity index (χ1v) is 12.2. The van der Waals surface area contributed by atoms with Crippen LogP contribution in [0.3, 0.4) is 0 Å². The van der Waals surface area contributed by atoms with Gasteiger partial charge in [0.25, 0.3) is 0 Å². The number of carboxylic acids is 1. The number of anilines is 1. The van der Waals surface area contributed by atoms with E-state index < -0.39 is 35.5 Å². The lowest BCUT2D eigenvalue weighted by Crippen LogP contribution is -2.53. The molecule has 12 nitrogen and oxygen atoms in total. The van der Waals surface area contributed by atoms with E-state index in [4.69, 9.17) is 4.74 Å². The first kappa shape index (κ1) is 27.2. The Bertz CT molecular complexity index is 923. The molecule has 1 aliphatic heterocycles. The van der Waals surface area contributed by atoms with E-state index in [1.807, 2.05) is 13.0 Å². The summed E-state index contributed by atoms with van der Waals surface area (Å²) >= 11 is 0. The summed E-state index contributed by atoms with van der Waals surface area (Å²) in [4.78, 5) is 53.6. The van der Waals surface area contributed by atoms with E-state index in [0.29, 0.717) is 31.6 Å². The van der Waals surface area contributed by atoms with Crippen molar-refractivity contribution in [2.24, 2.45) is 5.41 Å². The number of hydrogen-bond donors (Lipinski definition) is 5. The Morgan fingerprint density at radius 2 is 1.94 bits per heavy atom. The molecule has 1 aliphatic carbocycles. The minimum Gasteiger partial charge on any atom is -0.480 e. The third-order valence-corrected chi connectivity index (χ3v) is 6.87. The molecule has 2 heterocycles. The van der Waals surface area contributed by atoms with Gasteiger partial charge in [0, 0.05) is 24.7 Å².